The number of fused-ring (bicyclic) bond motifs is 1. The number of anilines is 2. The van der Waals surface area contributed by atoms with Gasteiger partial charge in [-0.05, 0) is 89.9 Å². The summed E-state index contributed by atoms with van der Waals surface area (Å²) in [6, 6.07) is 22.3. The minimum Gasteiger partial charge on any atom is -0.491 e. The fraction of sp³-hybridized carbons (Fsp3) is 0.390. The molecule has 1 aliphatic heterocycles. The first kappa shape index (κ1) is 36.4. The molecular weight excluding hydrogens is 626 g/mol. The van der Waals surface area contributed by atoms with Crippen LogP contribution in [0.2, 0.25) is 0 Å². The average molecular weight is 678 g/mol. The van der Waals surface area contributed by atoms with Crippen LogP contribution in [0, 0.1) is 5.92 Å². The van der Waals surface area contributed by atoms with E-state index in [-0.39, 0.29) is 5.91 Å². The minimum absolute atomic E-state index is 0.111. The van der Waals surface area contributed by atoms with Crippen LogP contribution in [-0.4, -0.2) is 59.3 Å². The summed E-state index contributed by atoms with van der Waals surface area (Å²) < 4.78 is 13.5. The summed E-state index contributed by atoms with van der Waals surface area (Å²) in [7, 11) is 0. The summed E-state index contributed by atoms with van der Waals surface area (Å²) >= 11 is 0. The van der Waals surface area contributed by atoms with Gasteiger partial charge < -0.3 is 29.5 Å². The number of nitrogens with one attached hydrogen (secondary N) is 1. The summed E-state index contributed by atoms with van der Waals surface area (Å²) in [6.07, 6.45) is 9.86. The highest BCUT2D eigenvalue weighted by Crippen LogP contribution is 2.34. The van der Waals surface area contributed by atoms with Crippen molar-refractivity contribution in [1.82, 2.24) is 9.55 Å². The van der Waals surface area contributed by atoms with Crippen molar-refractivity contribution >= 4 is 29.1 Å². The van der Waals surface area contributed by atoms with Crippen LogP contribution >= 0.6 is 0 Å². The first-order valence-electron chi connectivity index (χ1n) is 17.9. The molecule has 50 heavy (non-hydrogen) atoms. The predicted octanol–water partition coefficient (Wildman–Crippen LogP) is 8.46. The monoisotopic (exact) mass is 677 g/mol. The van der Waals surface area contributed by atoms with E-state index in [0.29, 0.717) is 49.2 Å². The highest BCUT2D eigenvalue weighted by Gasteiger charge is 2.21. The van der Waals surface area contributed by atoms with Gasteiger partial charge in [-0.15, -0.1) is 0 Å². The van der Waals surface area contributed by atoms with Gasteiger partial charge >= 0.3 is 0 Å². The lowest BCUT2D eigenvalue weighted by Crippen LogP contribution is -2.29. The molecule has 9 heteroatoms. The molecule has 264 valence electrons. The maximum Gasteiger partial charge on any atom is 0.251 e. The van der Waals surface area contributed by atoms with Gasteiger partial charge in [0.1, 0.15) is 18.1 Å². The Bertz CT molecular complexity index is 1740. The molecule has 1 aromatic heterocycles. The van der Waals surface area contributed by atoms with Gasteiger partial charge in [-0.1, -0.05) is 69.6 Å². The zero-order chi connectivity index (χ0) is 35.3. The first-order chi connectivity index (χ1) is 24.4. The van der Waals surface area contributed by atoms with Gasteiger partial charge in [-0.25, -0.2) is 4.98 Å². The fourth-order valence-corrected chi connectivity index (χ4v) is 6.15. The van der Waals surface area contributed by atoms with E-state index in [4.69, 9.17) is 9.47 Å². The van der Waals surface area contributed by atoms with Crippen LogP contribution in [0.5, 0.6) is 5.75 Å². The summed E-state index contributed by atoms with van der Waals surface area (Å²) in [5.41, 5.74) is 7.24. The molecular formula is C41H51N5O4. The molecule has 9 nitrogen and oxygen atoms in total. The number of nitrogens with zero attached hydrogens (tertiary/aromatic N) is 4. The molecule has 0 atom stereocenters. The number of aromatic nitrogens is 2. The van der Waals surface area contributed by atoms with E-state index >= 15 is 0 Å². The highest BCUT2D eigenvalue weighted by atomic mass is 16.5. The van der Waals surface area contributed by atoms with E-state index in [1.54, 1.807) is 6.20 Å². The molecule has 0 unspecified atom stereocenters. The lowest BCUT2D eigenvalue weighted by Gasteiger charge is -2.27. The topological polar surface area (TPSA) is 101 Å². The number of benzene rings is 3. The summed E-state index contributed by atoms with van der Waals surface area (Å²) in [5.74, 6) is 1.84. The van der Waals surface area contributed by atoms with Crippen LogP contribution in [0.15, 0.2) is 89.9 Å². The molecule has 0 saturated heterocycles. The van der Waals surface area contributed by atoms with Crippen molar-refractivity contribution in [2.24, 2.45) is 11.1 Å². The number of hydrogen-bond acceptors (Lipinski definition) is 7. The maximum absolute atomic E-state index is 13.7. The zero-order valence-corrected chi connectivity index (χ0v) is 29.9. The lowest BCUT2D eigenvalue weighted by molar-refractivity contribution is -0.112. The van der Waals surface area contributed by atoms with Crippen molar-refractivity contribution in [3.63, 3.8) is 0 Å². The molecule has 0 fully saturated rings. The minimum atomic E-state index is -0.111. The molecule has 0 saturated carbocycles. The van der Waals surface area contributed by atoms with E-state index in [0.717, 1.165) is 84.8 Å². The van der Waals surface area contributed by atoms with Gasteiger partial charge in [-0.2, -0.15) is 0 Å². The van der Waals surface area contributed by atoms with Crippen molar-refractivity contribution in [1.29, 1.82) is 0 Å². The number of carbonyl (C=O) groups excluding carboxylic acids is 1. The number of aryl methyl sites for hydroxylation is 1. The molecule has 2 heterocycles. The molecule has 0 aliphatic carbocycles. The molecule has 4 aromatic rings. The molecule has 1 aliphatic rings. The molecule has 0 radical (unpaired) electrons. The standard InChI is InChI=1S/C41H51N5O4/c1-5-7-23-49-24-25-50-37-15-10-32(11-16-37)33-12-17-39-35(27-33)28-34(18-21-46(39)29-30(3)4)41(47)43-36-13-8-31(9-14-36)26-38(44-48)40-42-19-22-45(40)20-6-2/h8-17,19,22,27-28,30,48H,5-7,18,20-21,23-26,29H2,1-4H3,(H,43,47)/b44-38+. The third-order valence-corrected chi connectivity index (χ3v) is 8.69. The Morgan fingerprint density at radius 1 is 0.980 bits per heavy atom. The third-order valence-electron chi connectivity index (χ3n) is 8.69. The Morgan fingerprint density at radius 3 is 2.48 bits per heavy atom. The smallest absolute Gasteiger partial charge is 0.251 e. The van der Waals surface area contributed by atoms with Crippen LogP contribution in [-0.2, 0) is 22.5 Å². The molecule has 0 spiro atoms. The summed E-state index contributed by atoms with van der Waals surface area (Å²) in [5, 5.41) is 16.4. The van der Waals surface area contributed by atoms with Crippen molar-refractivity contribution in [3.8, 4) is 16.9 Å². The molecule has 3 aromatic carbocycles. The predicted molar refractivity (Wildman–Crippen MR) is 202 cm³/mol. The third kappa shape index (κ3) is 9.85. The Balaban J connectivity index is 1.28. The Labute approximate surface area is 296 Å². The van der Waals surface area contributed by atoms with Crippen LogP contribution in [0.3, 0.4) is 0 Å². The second kappa shape index (κ2) is 18.2. The first-order valence-corrected chi connectivity index (χ1v) is 17.9. The molecule has 2 N–H and O–H groups in total. The van der Waals surface area contributed by atoms with Gasteiger partial charge in [-0.3, -0.25) is 4.79 Å². The second-order valence-electron chi connectivity index (χ2n) is 13.2. The van der Waals surface area contributed by atoms with Crippen molar-refractivity contribution < 1.29 is 19.5 Å². The number of amides is 1. The van der Waals surface area contributed by atoms with Gasteiger partial charge in [0.2, 0.25) is 0 Å². The number of hydrogen-bond donors (Lipinski definition) is 2. The summed E-state index contributed by atoms with van der Waals surface area (Å²) in [6.45, 7) is 13.0. The molecule has 5 rings (SSSR count). The lowest BCUT2D eigenvalue weighted by atomic mass is 10.00. The van der Waals surface area contributed by atoms with E-state index in [1.165, 1.54) is 0 Å². The highest BCUT2D eigenvalue weighted by molar-refractivity contribution is 6.07. The molecule has 1 amide bonds. The van der Waals surface area contributed by atoms with Crippen LogP contribution in [0.25, 0.3) is 17.2 Å². The van der Waals surface area contributed by atoms with Gasteiger partial charge in [0.25, 0.3) is 5.91 Å². The Kier molecular flexibility index (Phi) is 13.2. The number of rotatable bonds is 17. The van der Waals surface area contributed by atoms with Crippen LogP contribution < -0.4 is 15.0 Å². The average Bonchev–Trinajstić information content (AvgIpc) is 3.50. The number of imidazole rings is 1. The van der Waals surface area contributed by atoms with Gasteiger partial charge in [0, 0.05) is 62.0 Å². The normalized spacial score (nSPS) is 13.2. The zero-order valence-electron chi connectivity index (χ0n) is 29.9. The van der Waals surface area contributed by atoms with E-state index in [1.807, 2.05) is 53.2 Å². The maximum atomic E-state index is 13.7. The van der Waals surface area contributed by atoms with E-state index < -0.39 is 0 Å². The van der Waals surface area contributed by atoms with Crippen molar-refractivity contribution in [3.05, 3.63) is 102 Å². The fourth-order valence-electron chi connectivity index (χ4n) is 6.15. The molecule has 0 bridgehead atoms. The Hall–Kier alpha value is -4.89. The number of unbranched alkanes of at least 4 members (excludes halogenated alkanes) is 1. The van der Waals surface area contributed by atoms with E-state index in [9.17, 15) is 10.0 Å². The van der Waals surface area contributed by atoms with Gasteiger partial charge in [0.05, 0.1) is 6.61 Å². The van der Waals surface area contributed by atoms with Crippen LogP contribution in [0.1, 0.15) is 70.3 Å². The number of oxime groups is 1. The Morgan fingerprint density at radius 2 is 1.76 bits per heavy atom. The van der Waals surface area contributed by atoms with Crippen molar-refractivity contribution in [2.75, 3.05) is 43.1 Å². The second-order valence-corrected chi connectivity index (χ2v) is 13.2. The van der Waals surface area contributed by atoms with Crippen LogP contribution in [0.4, 0.5) is 11.4 Å². The van der Waals surface area contributed by atoms with E-state index in [2.05, 4.69) is 78.4 Å². The SMILES string of the molecule is CCCCOCCOc1ccc(-c2ccc3c(c2)C=C(C(=O)Nc2ccc(C/C(=N\O)c4nccn4CCC)cc2)CCN3CC(C)C)cc1. The van der Waals surface area contributed by atoms with Crippen molar-refractivity contribution in [2.45, 2.75) is 66.3 Å². The summed E-state index contributed by atoms with van der Waals surface area (Å²) in [4.78, 5) is 20.5. The number of carbonyl (C=O) groups is 1. The van der Waals surface area contributed by atoms with Gasteiger partial charge in [0.15, 0.2) is 5.82 Å². The quantitative estimate of drug-likeness (QED) is 0.0503. The number of ether oxygens (including phenoxy) is 2. The largest absolute Gasteiger partial charge is 0.491 e.